The van der Waals surface area contributed by atoms with E-state index in [4.69, 9.17) is 10.1 Å². The van der Waals surface area contributed by atoms with E-state index >= 15 is 0 Å². The molecular weight excluding hydrogens is 354 g/mol. The number of anilines is 2. The molecule has 3 aromatic rings. The molecule has 3 heterocycles. The fraction of sp³-hybridized carbons (Fsp3) is 0.300. The Kier molecular flexibility index (Phi) is 6.21. The summed E-state index contributed by atoms with van der Waals surface area (Å²) in [6.45, 7) is 7.07. The molecule has 0 bridgehead atoms. The number of ether oxygens (including phenoxy) is 1. The monoisotopic (exact) mass is 379 g/mol. The lowest BCUT2D eigenvalue weighted by atomic mass is 10.1. The van der Waals surface area contributed by atoms with Gasteiger partial charge < -0.3 is 20.8 Å². The first-order valence-electron chi connectivity index (χ1n) is 9.25. The van der Waals surface area contributed by atoms with Gasteiger partial charge in [0, 0.05) is 24.7 Å². The minimum absolute atomic E-state index is 0.190. The second-order valence-corrected chi connectivity index (χ2v) is 6.47. The predicted molar refractivity (Wildman–Crippen MR) is 111 cm³/mol. The van der Waals surface area contributed by atoms with Gasteiger partial charge in [-0.05, 0) is 45.0 Å². The Morgan fingerprint density at radius 3 is 2.86 bits per heavy atom. The van der Waals surface area contributed by atoms with Gasteiger partial charge >= 0.3 is 0 Å². The zero-order valence-electron chi connectivity index (χ0n) is 16.3. The van der Waals surface area contributed by atoms with Crippen LogP contribution < -0.4 is 15.4 Å². The highest BCUT2D eigenvalue weighted by Gasteiger charge is 2.16. The molecular formula is C20H25N7O. The number of hydrogen-bond acceptors (Lipinski definition) is 7. The van der Waals surface area contributed by atoms with Crippen LogP contribution in [-0.4, -0.2) is 39.0 Å². The van der Waals surface area contributed by atoms with Crippen LogP contribution >= 0.6 is 0 Å². The summed E-state index contributed by atoms with van der Waals surface area (Å²) in [5.74, 6) is 0.524. The Hall–Kier alpha value is -3.42. The largest absolute Gasteiger partial charge is 0.477 e. The van der Waals surface area contributed by atoms with E-state index in [1.165, 1.54) is 6.21 Å². The quantitative estimate of drug-likeness (QED) is 0.422. The Balaban J connectivity index is 2.06. The summed E-state index contributed by atoms with van der Waals surface area (Å²) in [5.41, 5.74) is 4.53. The van der Waals surface area contributed by atoms with E-state index in [2.05, 4.69) is 30.8 Å². The molecule has 0 amide bonds. The van der Waals surface area contributed by atoms with E-state index in [9.17, 15) is 0 Å². The summed E-state index contributed by atoms with van der Waals surface area (Å²) in [4.78, 5) is 8.99. The number of nitrogens with one attached hydrogen (secondary N) is 4. The highest BCUT2D eigenvalue weighted by Crippen LogP contribution is 2.33. The molecule has 0 saturated carbocycles. The van der Waals surface area contributed by atoms with E-state index in [-0.39, 0.29) is 6.04 Å². The average Bonchev–Trinajstić information content (AvgIpc) is 3.21. The zero-order valence-corrected chi connectivity index (χ0v) is 16.3. The van der Waals surface area contributed by atoms with Gasteiger partial charge in [0.1, 0.15) is 5.69 Å². The topological polar surface area (TPSA) is 112 Å². The molecule has 0 spiro atoms. The van der Waals surface area contributed by atoms with Gasteiger partial charge in [0.05, 0.1) is 41.5 Å². The second-order valence-electron chi connectivity index (χ2n) is 6.47. The van der Waals surface area contributed by atoms with Crippen molar-refractivity contribution in [3.63, 3.8) is 0 Å². The first-order valence-corrected chi connectivity index (χ1v) is 9.25. The highest BCUT2D eigenvalue weighted by molar-refractivity contribution is 5.91. The lowest BCUT2D eigenvalue weighted by molar-refractivity contribution is 0.328. The minimum atomic E-state index is 0.190. The third-order valence-electron chi connectivity index (χ3n) is 3.96. The van der Waals surface area contributed by atoms with E-state index in [0.29, 0.717) is 30.4 Å². The van der Waals surface area contributed by atoms with Crippen molar-refractivity contribution in [3.8, 4) is 17.1 Å². The van der Waals surface area contributed by atoms with Gasteiger partial charge in [-0.2, -0.15) is 5.10 Å². The molecule has 146 valence electrons. The fourth-order valence-corrected chi connectivity index (χ4v) is 2.80. The SMILES string of the molecule is CCOc1ncccc1-c1cc(NCc2cc[nH]n2)c(NC(C)C)c(C=N)n1. The molecule has 0 unspecified atom stereocenters. The molecule has 0 fully saturated rings. The maximum absolute atomic E-state index is 7.87. The molecule has 4 N–H and O–H groups in total. The van der Waals surface area contributed by atoms with Crippen LogP contribution in [0.1, 0.15) is 32.2 Å². The Labute approximate surface area is 164 Å². The summed E-state index contributed by atoms with van der Waals surface area (Å²) >= 11 is 0. The number of nitrogens with zero attached hydrogens (tertiary/aromatic N) is 3. The third kappa shape index (κ3) is 4.46. The van der Waals surface area contributed by atoms with Crippen molar-refractivity contribution in [1.82, 2.24) is 20.2 Å². The van der Waals surface area contributed by atoms with Gasteiger partial charge in [-0.3, -0.25) is 5.10 Å². The summed E-state index contributed by atoms with van der Waals surface area (Å²) in [6.07, 6.45) is 4.73. The molecule has 28 heavy (non-hydrogen) atoms. The van der Waals surface area contributed by atoms with Crippen molar-refractivity contribution in [2.45, 2.75) is 33.4 Å². The van der Waals surface area contributed by atoms with E-state index in [0.717, 1.165) is 22.6 Å². The van der Waals surface area contributed by atoms with Crippen LogP contribution in [0.25, 0.3) is 11.3 Å². The number of aromatic amines is 1. The van der Waals surface area contributed by atoms with Crippen LogP contribution in [0.5, 0.6) is 5.88 Å². The van der Waals surface area contributed by atoms with Crippen molar-refractivity contribution in [1.29, 1.82) is 5.41 Å². The summed E-state index contributed by atoms with van der Waals surface area (Å²) in [7, 11) is 0. The van der Waals surface area contributed by atoms with Gasteiger partial charge in [0.15, 0.2) is 0 Å². The Bertz CT molecular complexity index is 922. The number of aromatic nitrogens is 4. The van der Waals surface area contributed by atoms with Crippen LogP contribution in [0.2, 0.25) is 0 Å². The number of rotatable bonds is 9. The normalized spacial score (nSPS) is 10.7. The maximum atomic E-state index is 7.87. The summed E-state index contributed by atoms with van der Waals surface area (Å²) in [5, 5.41) is 21.7. The molecule has 3 aromatic heterocycles. The Morgan fingerprint density at radius 1 is 1.32 bits per heavy atom. The second kappa shape index (κ2) is 8.98. The number of hydrogen-bond donors (Lipinski definition) is 4. The molecule has 0 aliphatic rings. The standard InChI is InChI=1S/C20H25N7O/c1-4-28-20-15(6-5-8-22-20)16-10-17(23-12-14-7-9-24-27-14)19(25-13(2)3)18(11-21)26-16/h5-11,13,21,25H,4,12H2,1-3H3,(H,23,26)(H,24,27). The van der Waals surface area contributed by atoms with Crippen molar-refractivity contribution in [2.75, 3.05) is 17.2 Å². The van der Waals surface area contributed by atoms with Crippen LogP contribution in [-0.2, 0) is 6.54 Å². The molecule has 0 aromatic carbocycles. The molecule has 0 saturated heterocycles. The fourth-order valence-electron chi connectivity index (χ4n) is 2.80. The van der Waals surface area contributed by atoms with E-state index in [1.807, 2.05) is 45.0 Å². The van der Waals surface area contributed by atoms with E-state index < -0.39 is 0 Å². The van der Waals surface area contributed by atoms with Crippen molar-refractivity contribution >= 4 is 17.6 Å². The van der Waals surface area contributed by atoms with Crippen LogP contribution in [0.15, 0.2) is 36.7 Å². The molecule has 8 heteroatoms. The Morgan fingerprint density at radius 2 is 2.18 bits per heavy atom. The highest BCUT2D eigenvalue weighted by atomic mass is 16.5. The molecule has 0 atom stereocenters. The molecule has 0 aliphatic heterocycles. The van der Waals surface area contributed by atoms with E-state index in [1.54, 1.807) is 12.4 Å². The molecule has 0 radical (unpaired) electrons. The van der Waals surface area contributed by atoms with Crippen LogP contribution in [0, 0.1) is 5.41 Å². The van der Waals surface area contributed by atoms with Gasteiger partial charge in [-0.1, -0.05) is 0 Å². The minimum Gasteiger partial charge on any atom is -0.477 e. The maximum Gasteiger partial charge on any atom is 0.222 e. The first kappa shape index (κ1) is 19.3. The van der Waals surface area contributed by atoms with Gasteiger partial charge in [0.25, 0.3) is 0 Å². The van der Waals surface area contributed by atoms with Gasteiger partial charge in [-0.15, -0.1) is 0 Å². The average molecular weight is 379 g/mol. The predicted octanol–water partition coefficient (Wildman–Crippen LogP) is 3.70. The van der Waals surface area contributed by atoms with Crippen molar-refractivity contribution in [3.05, 3.63) is 48.0 Å². The zero-order chi connectivity index (χ0) is 19.9. The molecule has 0 aliphatic carbocycles. The van der Waals surface area contributed by atoms with Gasteiger partial charge in [0.2, 0.25) is 5.88 Å². The molecule has 3 rings (SSSR count). The van der Waals surface area contributed by atoms with Gasteiger partial charge in [-0.25, -0.2) is 9.97 Å². The lowest BCUT2D eigenvalue weighted by Gasteiger charge is -2.19. The summed E-state index contributed by atoms with van der Waals surface area (Å²) < 4.78 is 5.66. The first-order chi connectivity index (χ1) is 13.6. The van der Waals surface area contributed by atoms with Crippen LogP contribution in [0.4, 0.5) is 11.4 Å². The third-order valence-corrected chi connectivity index (χ3v) is 3.96. The smallest absolute Gasteiger partial charge is 0.222 e. The van der Waals surface area contributed by atoms with Crippen molar-refractivity contribution in [2.24, 2.45) is 0 Å². The lowest BCUT2D eigenvalue weighted by Crippen LogP contribution is -2.15. The molecule has 8 nitrogen and oxygen atoms in total. The summed E-state index contributed by atoms with van der Waals surface area (Å²) in [6, 6.07) is 7.82. The van der Waals surface area contributed by atoms with Crippen molar-refractivity contribution < 1.29 is 4.74 Å². The number of pyridine rings is 2. The van der Waals surface area contributed by atoms with Crippen LogP contribution in [0.3, 0.4) is 0 Å². The number of H-pyrrole nitrogens is 1.